The molecule has 5 nitrogen and oxygen atoms in total. The largest absolute Gasteiger partial charge is 0.493 e. The fourth-order valence-electron chi connectivity index (χ4n) is 1.91. The molecule has 0 atom stereocenters. The van der Waals surface area contributed by atoms with Gasteiger partial charge in [-0.2, -0.15) is 4.99 Å². The van der Waals surface area contributed by atoms with Crippen LogP contribution in [0.3, 0.4) is 0 Å². The average molecular weight is 304 g/mol. The molecule has 110 valence electrons. The van der Waals surface area contributed by atoms with Gasteiger partial charge >= 0.3 is 0 Å². The summed E-state index contributed by atoms with van der Waals surface area (Å²) in [5.74, 6) is 3.66. The van der Waals surface area contributed by atoms with E-state index in [4.69, 9.17) is 15.9 Å². The molecule has 0 aliphatic rings. The van der Waals surface area contributed by atoms with Crippen LogP contribution in [-0.2, 0) is 11.3 Å². The van der Waals surface area contributed by atoms with E-state index in [1.165, 1.54) is 11.3 Å². The van der Waals surface area contributed by atoms with Gasteiger partial charge < -0.3 is 14.0 Å². The number of ether oxygens (including phenoxy) is 2. The number of benzene rings is 1. The summed E-state index contributed by atoms with van der Waals surface area (Å²) in [7, 11) is 3.16. The molecule has 1 aromatic heterocycles. The summed E-state index contributed by atoms with van der Waals surface area (Å²) in [4.78, 5) is 16.3. The van der Waals surface area contributed by atoms with E-state index in [1.807, 2.05) is 16.7 Å². The quantitative estimate of drug-likeness (QED) is 0.814. The van der Waals surface area contributed by atoms with Crippen LogP contribution in [0.25, 0.3) is 10.2 Å². The van der Waals surface area contributed by atoms with Crippen LogP contribution < -0.4 is 14.3 Å². The van der Waals surface area contributed by atoms with E-state index >= 15 is 0 Å². The second-order valence-corrected chi connectivity index (χ2v) is 5.22. The summed E-state index contributed by atoms with van der Waals surface area (Å²) < 4.78 is 13.4. The number of thiazole rings is 1. The third-order valence-corrected chi connectivity index (χ3v) is 4.00. The van der Waals surface area contributed by atoms with Gasteiger partial charge in [0.2, 0.25) is 5.91 Å². The number of hydrogen-bond donors (Lipinski definition) is 0. The SMILES string of the molecule is C#CCn1c(=NC(=O)CC)sc2cc(OC)c(OC)cc21. The van der Waals surface area contributed by atoms with E-state index in [0.29, 0.717) is 29.3 Å². The van der Waals surface area contributed by atoms with Gasteiger partial charge in [0, 0.05) is 18.6 Å². The van der Waals surface area contributed by atoms with Crippen LogP contribution in [0.1, 0.15) is 13.3 Å². The highest BCUT2D eigenvalue weighted by Gasteiger charge is 2.12. The summed E-state index contributed by atoms with van der Waals surface area (Å²) in [5, 5.41) is 0. The molecule has 0 spiro atoms. The Balaban J connectivity index is 2.77. The highest BCUT2D eigenvalue weighted by atomic mass is 32.1. The highest BCUT2D eigenvalue weighted by molar-refractivity contribution is 7.16. The Morgan fingerprint density at radius 1 is 1.38 bits per heavy atom. The normalized spacial score (nSPS) is 11.4. The summed E-state index contributed by atoms with van der Waals surface area (Å²) in [5.41, 5.74) is 0.873. The summed E-state index contributed by atoms with van der Waals surface area (Å²) in [6.07, 6.45) is 5.78. The number of methoxy groups -OCH3 is 2. The van der Waals surface area contributed by atoms with Gasteiger partial charge in [-0.15, -0.1) is 6.42 Å². The van der Waals surface area contributed by atoms with Crippen molar-refractivity contribution >= 4 is 27.5 Å². The Kier molecular flexibility index (Phi) is 4.66. The van der Waals surface area contributed by atoms with Crippen LogP contribution in [0, 0.1) is 12.3 Å². The lowest BCUT2D eigenvalue weighted by molar-refractivity contribution is -0.117. The van der Waals surface area contributed by atoms with Crippen LogP contribution >= 0.6 is 11.3 Å². The molecule has 2 aromatic rings. The zero-order valence-corrected chi connectivity index (χ0v) is 13.0. The predicted octanol–water partition coefficient (Wildman–Crippen LogP) is 2.19. The molecule has 2 rings (SSSR count). The van der Waals surface area contributed by atoms with Gasteiger partial charge in [0.25, 0.3) is 0 Å². The standard InChI is InChI=1S/C15H16N2O3S/c1-5-7-17-10-8-11(19-3)12(20-4)9-13(10)21-15(17)16-14(18)6-2/h1,8-9H,6-7H2,2-4H3. The number of fused-ring (bicyclic) bond motifs is 1. The van der Waals surface area contributed by atoms with E-state index in [-0.39, 0.29) is 5.91 Å². The van der Waals surface area contributed by atoms with E-state index in [0.717, 1.165) is 10.2 Å². The minimum Gasteiger partial charge on any atom is -0.493 e. The molecule has 0 fully saturated rings. The second kappa shape index (κ2) is 6.46. The number of aromatic nitrogens is 1. The molecule has 0 aliphatic carbocycles. The fourth-order valence-corrected chi connectivity index (χ4v) is 2.97. The number of amides is 1. The van der Waals surface area contributed by atoms with Gasteiger partial charge in [-0.1, -0.05) is 24.2 Å². The van der Waals surface area contributed by atoms with Crippen molar-refractivity contribution in [3.8, 4) is 23.8 Å². The van der Waals surface area contributed by atoms with Crippen LogP contribution in [-0.4, -0.2) is 24.7 Å². The molecule has 1 amide bonds. The Hall–Kier alpha value is -2.26. The van der Waals surface area contributed by atoms with E-state index in [9.17, 15) is 4.79 Å². The molecule has 21 heavy (non-hydrogen) atoms. The van der Waals surface area contributed by atoms with Gasteiger partial charge in [0.15, 0.2) is 16.3 Å². The number of carbonyl (C=O) groups is 1. The van der Waals surface area contributed by atoms with Gasteiger partial charge in [-0.25, -0.2) is 0 Å². The molecule has 6 heteroatoms. The van der Waals surface area contributed by atoms with Gasteiger partial charge in [0.05, 0.1) is 31.0 Å². The smallest absolute Gasteiger partial charge is 0.248 e. The predicted molar refractivity (Wildman–Crippen MR) is 82.6 cm³/mol. The summed E-state index contributed by atoms with van der Waals surface area (Å²) >= 11 is 1.40. The topological polar surface area (TPSA) is 52.8 Å². The Labute approximate surface area is 126 Å². The Morgan fingerprint density at radius 2 is 2.05 bits per heavy atom. The number of nitrogens with zero attached hydrogens (tertiary/aromatic N) is 2. The van der Waals surface area contributed by atoms with Crippen molar-refractivity contribution in [3.63, 3.8) is 0 Å². The van der Waals surface area contributed by atoms with Crippen LogP contribution in [0.15, 0.2) is 17.1 Å². The number of hydrogen-bond acceptors (Lipinski definition) is 4. The maximum atomic E-state index is 11.6. The van der Waals surface area contributed by atoms with Gasteiger partial charge in [0.1, 0.15) is 0 Å². The molecular formula is C15H16N2O3S. The van der Waals surface area contributed by atoms with Crippen molar-refractivity contribution in [3.05, 3.63) is 16.9 Å². The third-order valence-electron chi connectivity index (χ3n) is 2.96. The van der Waals surface area contributed by atoms with E-state index in [2.05, 4.69) is 10.9 Å². The highest BCUT2D eigenvalue weighted by Crippen LogP contribution is 2.33. The van der Waals surface area contributed by atoms with Crippen molar-refractivity contribution in [2.24, 2.45) is 4.99 Å². The first-order chi connectivity index (χ1) is 10.1. The Bertz CT molecular complexity index is 781. The zero-order valence-electron chi connectivity index (χ0n) is 12.2. The summed E-state index contributed by atoms with van der Waals surface area (Å²) in [6.45, 7) is 2.11. The number of rotatable bonds is 4. The van der Waals surface area contributed by atoms with Crippen molar-refractivity contribution < 1.29 is 14.3 Å². The monoisotopic (exact) mass is 304 g/mol. The lowest BCUT2D eigenvalue weighted by Crippen LogP contribution is -2.16. The first-order valence-corrected chi connectivity index (χ1v) is 7.22. The molecule has 0 saturated heterocycles. The van der Waals surface area contributed by atoms with Crippen LogP contribution in [0.5, 0.6) is 11.5 Å². The van der Waals surface area contributed by atoms with Crippen molar-refractivity contribution in [1.82, 2.24) is 4.57 Å². The lowest BCUT2D eigenvalue weighted by atomic mass is 10.3. The molecule has 1 aromatic carbocycles. The van der Waals surface area contributed by atoms with Crippen LogP contribution in [0.2, 0.25) is 0 Å². The van der Waals surface area contributed by atoms with E-state index < -0.39 is 0 Å². The molecule has 1 heterocycles. The van der Waals surface area contributed by atoms with E-state index in [1.54, 1.807) is 21.1 Å². The minimum atomic E-state index is -0.175. The average Bonchev–Trinajstić information content (AvgIpc) is 2.82. The Morgan fingerprint density at radius 3 is 2.62 bits per heavy atom. The van der Waals surface area contributed by atoms with Crippen molar-refractivity contribution in [1.29, 1.82) is 0 Å². The lowest BCUT2D eigenvalue weighted by Gasteiger charge is -2.08. The maximum absolute atomic E-state index is 11.6. The first kappa shape index (κ1) is 15.1. The molecule has 0 unspecified atom stereocenters. The molecule has 0 saturated carbocycles. The van der Waals surface area contributed by atoms with Crippen molar-refractivity contribution in [2.75, 3.05) is 14.2 Å². The molecule has 0 aliphatic heterocycles. The van der Waals surface area contributed by atoms with Gasteiger partial charge in [-0.05, 0) is 0 Å². The second-order valence-electron chi connectivity index (χ2n) is 4.21. The third kappa shape index (κ3) is 2.93. The minimum absolute atomic E-state index is 0.175. The molecule has 0 bridgehead atoms. The fraction of sp³-hybridized carbons (Fsp3) is 0.333. The number of carbonyl (C=O) groups excluding carboxylic acids is 1. The van der Waals surface area contributed by atoms with Crippen LogP contribution in [0.4, 0.5) is 0 Å². The summed E-state index contributed by atoms with van der Waals surface area (Å²) in [6, 6.07) is 3.71. The number of terminal acetylenes is 1. The van der Waals surface area contributed by atoms with Gasteiger partial charge in [-0.3, -0.25) is 4.79 Å². The van der Waals surface area contributed by atoms with Crippen molar-refractivity contribution in [2.45, 2.75) is 19.9 Å². The zero-order chi connectivity index (χ0) is 15.4. The first-order valence-electron chi connectivity index (χ1n) is 6.41. The molecular weight excluding hydrogens is 288 g/mol. The molecule has 0 N–H and O–H groups in total. The maximum Gasteiger partial charge on any atom is 0.248 e. The molecule has 0 radical (unpaired) electrons.